The number of imidazole rings is 1. The minimum Gasteiger partial charge on any atom is -0.340 e. The molecule has 116 valence electrons. The zero-order chi connectivity index (χ0) is 15.4. The summed E-state index contributed by atoms with van der Waals surface area (Å²) < 4.78 is 1.82. The molecule has 0 unspecified atom stereocenters. The van der Waals surface area contributed by atoms with Crippen molar-refractivity contribution >= 4 is 5.91 Å². The fraction of sp³-hybridized carbons (Fsp3) is 0.444. The molecule has 0 radical (unpaired) electrons. The molecule has 1 aliphatic heterocycles. The zero-order valence-electron chi connectivity index (χ0n) is 13.1. The molecule has 1 aliphatic rings. The standard InChI is InChI=1S/C18H23N3O/c1-20-13-17(19-14-20)18(22)21-11-9-16(10-12-21)8-7-15-5-3-2-4-6-15/h2-6,13-14,16H,7-12H2,1H3. The van der Waals surface area contributed by atoms with E-state index >= 15 is 0 Å². The lowest BCUT2D eigenvalue weighted by Gasteiger charge is -2.31. The van der Waals surface area contributed by atoms with Gasteiger partial charge >= 0.3 is 0 Å². The van der Waals surface area contributed by atoms with Gasteiger partial charge in [-0.25, -0.2) is 4.98 Å². The van der Waals surface area contributed by atoms with E-state index in [0.717, 1.165) is 38.3 Å². The summed E-state index contributed by atoms with van der Waals surface area (Å²) in [5, 5.41) is 0. The number of carbonyl (C=O) groups is 1. The third-order valence-electron chi connectivity index (χ3n) is 4.51. The van der Waals surface area contributed by atoms with E-state index in [2.05, 4.69) is 35.3 Å². The van der Waals surface area contributed by atoms with Crippen LogP contribution >= 0.6 is 0 Å². The van der Waals surface area contributed by atoms with E-state index in [1.165, 1.54) is 12.0 Å². The molecule has 22 heavy (non-hydrogen) atoms. The van der Waals surface area contributed by atoms with E-state index in [-0.39, 0.29) is 5.91 Å². The normalized spacial score (nSPS) is 16.0. The van der Waals surface area contributed by atoms with Crippen molar-refractivity contribution in [3.05, 3.63) is 54.1 Å². The number of piperidine rings is 1. The topological polar surface area (TPSA) is 38.1 Å². The van der Waals surface area contributed by atoms with Crippen LogP contribution in [0, 0.1) is 5.92 Å². The third kappa shape index (κ3) is 3.56. The van der Waals surface area contributed by atoms with Crippen molar-refractivity contribution in [2.75, 3.05) is 13.1 Å². The molecular formula is C18H23N3O. The van der Waals surface area contributed by atoms with E-state index in [4.69, 9.17) is 0 Å². The second-order valence-corrected chi connectivity index (χ2v) is 6.18. The maximum Gasteiger partial charge on any atom is 0.274 e. The average molecular weight is 297 g/mol. The Kier molecular flexibility index (Phi) is 4.56. The minimum atomic E-state index is 0.0714. The maximum atomic E-state index is 12.3. The van der Waals surface area contributed by atoms with E-state index in [9.17, 15) is 4.79 Å². The Morgan fingerprint density at radius 1 is 1.23 bits per heavy atom. The monoisotopic (exact) mass is 297 g/mol. The first kappa shape index (κ1) is 14.8. The van der Waals surface area contributed by atoms with Crippen LogP contribution in [0.2, 0.25) is 0 Å². The van der Waals surface area contributed by atoms with Gasteiger partial charge < -0.3 is 9.47 Å². The summed E-state index contributed by atoms with van der Waals surface area (Å²) in [7, 11) is 1.89. The Bertz CT molecular complexity index is 612. The molecule has 0 saturated carbocycles. The second-order valence-electron chi connectivity index (χ2n) is 6.18. The number of hydrogen-bond donors (Lipinski definition) is 0. The van der Waals surface area contributed by atoms with Crippen LogP contribution in [0.3, 0.4) is 0 Å². The van der Waals surface area contributed by atoms with E-state index in [1.54, 1.807) is 12.5 Å². The van der Waals surface area contributed by atoms with Crippen LogP contribution in [-0.4, -0.2) is 33.4 Å². The van der Waals surface area contributed by atoms with Crippen molar-refractivity contribution in [1.82, 2.24) is 14.5 Å². The molecular weight excluding hydrogens is 274 g/mol. The Hall–Kier alpha value is -2.10. The number of rotatable bonds is 4. The number of aryl methyl sites for hydroxylation is 2. The van der Waals surface area contributed by atoms with Gasteiger partial charge in [0.15, 0.2) is 0 Å². The van der Waals surface area contributed by atoms with Crippen LogP contribution in [0.1, 0.15) is 35.3 Å². The van der Waals surface area contributed by atoms with Crippen molar-refractivity contribution in [2.45, 2.75) is 25.7 Å². The summed E-state index contributed by atoms with van der Waals surface area (Å²) >= 11 is 0. The largest absolute Gasteiger partial charge is 0.340 e. The van der Waals surface area contributed by atoms with Gasteiger partial charge in [0.2, 0.25) is 0 Å². The zero-order valence-corrected chi connectivity index (χ0v) is 13.1. The third-order valence-corrected chi connectivity index (χ3v) is 4.51. The van der Waals surface area contributed by atoms with Crippen molar-refractivity contribution < 1.29 is 4.79 Å². The number of hydrogen-bond acceptors (Lipinski definition) is 2. The Morgan fingerprint density at radius 3 is 2.59 bits per heavy atom. The van der Waals surface area contributed by atoms with Crippen molar-refractivity contribution in [3.8, 4) is 0 Å². The van der Waals surface area contributed by atoms with Gasteiger partial charge in [-0.2, -0.15) is 0 Å². The quantitative estimate of drug-likeness (QED) is 0.870. The van der Waals surface area contributed by atoms with E-state index < -0.39 is 0 Å². The predicted octanol–water partition coefficient (Wildman–Crippen LogP) is 2.91. The molecule has 0 aliphatic carbocycles. The summed E-state index contributed by atoms with van der Waals surface area (Å²) in [5.74, 6) is 0.801. The molecule has 3 rings (SSSR count). The van der Waals surface area contributed by atoms with Gasteiger partial charge in [0.1, 0.15) is 5.69 Å². The molecule has 2 heterocycles. The van der Waals surface area contributed by atoms with Crippen LogP contribution in [0.4, 0.5) is 0 Å². The highest BCUT2D eigenvalue weighted by molar-refractivity contribution is 5.92. The van der Waals surface area contributed by atoms with Crippen LogP contribution in [0.15, 0.2) is 42.9 Å². The molecule has 1 aromatic heterocycles. The van der Waals surface area contributed by atoms with Gasteiger partial charge in [-0.1, -0.05) is 30.3 Å². The number of benzene rings is 1. The summed E-state index contributed by atoms with van der Waals surface area (Å²) in [6.07, 6.45) is 8.04. The van der Waals surface area contributed by atoms with Gasteiger partial charge in [0.05, 0.1) is 6.33 Å². The van der Waals surface area contributed by atoms with Gasteiger partial charge in [-0.15, -0.1) is 0 Å². The first-order valence-electron chi connectivity index (χ1n) is 8.03. The smallest absolute Gasteiger partial charge is 0.274 e. The van der Waals surface area contributed by atoms with Gasteiger partial charge in [0.25, 0.3) is 5.91 Å². The highest BCUT2D eigenvalue weighted by Crippen LogP contribution is 2.23. The van der Waals surface area contributed by atoms with Gasteiger partial charge in [-0.3, -0.25) is 4.79 Å². The Labute approximate surface area is 131 Å². The van der Waals surface area contributed by atoms with Crippen molar-refractivity contribution in [2.24, 2.45) is 13.0 Å². The fourth-order valence-electron chi connectivity index (χ4n) is 3.13. The van der Waals surface area contributed by atoms with Gasteiger partial charge in [0, 0.05) is 26.3 Å². The molecule has 4 heteroatoms. The maximum absolute atomic E-state index is 12.3. The van der Waals surface area contributed by atoms with Crippen molar-refractivity contribution in [1.29, 1.82) is 0 Å². The van der Waals surface area contributed by atoms with Crippen LogP contribution in [-0.2, 0) is 13.5 Å². The lowest BCUT2D eigenvalue weighted by molar-refractivity contribution is 0.0681. The fourth-order valence-corrected chi connectivity index (χ4v) is 3.13. The Balaban J connectivity index is 1.47. The number of aromatic nitrogens is 2. The molecule has 0 atom stereocenters. The van der Waals surface area contributed by atoms with E-state index in [1.807, 2.05) is 16.5 Å². The average Bonchev–Trinajstić information content (AvgIpc) is 3.00. The summed E-state index contributed by atoms with van der Waals surface area (Å²) in [4.78, 5) is 18.5. The number of carbonyl (C=O) groups excluding carboxylic acids is 1. The highest BCUT2D eigenvalue weighted by atomic mass is 16.2. The van der Waals surface area contributed by atoms with Crippen LogP contribution in [0.25, 0.3) is 0 Å². The lowest BCUT2D eigenvalue weighted by atomic mass is 9.90. The van der Waals surface area contributed by atoms with Crippen LogP contribution in [0.5, 0.6) is 0 Å². The molecule has 4 nitrogen and oxygen atoms in total. The minimum absolute atomic E-state index is 0.0714. The lowest BCUT2D eigenvalue weighted by Crippen LogP contribution is -2.38. The molecule has 1 saturated heterocycles. The van der Waals surface area contributed by atoms with Crippen LogP contribution < -0.4 is 0 Å². The first-order chi connectivity index (χ1) is 10.7. The molecule has 0 bridgehead atoms. The Morgan fingerprint density at radius 2 is 1.95 bits per heavy atom. The predicted molar refractivity (Wildman–Crippen MR) is 86.6 cm³/mol. The first-order valence-corrected chi connectivity index (χ1v) is 8.03. The van der Waals surface area contributed by atoms with Gasteiger partial charge in [-0.05, 0) is 37.2 Å². The molecule has 1 amide bonds. The molecule has 1 aromatic carbocycles. The number of nitrogens with zero attached hydrogens (tertiary/aromatic N) is 3. The van der Waals surface area contributed by atoms with E-state index in [0.29, 0.717) is 5.69 Å². The highest BCUT2D eigenvalue weighted by Gasteiger charge is 2.24. The van der Waals surface area contributed by atoms with Crippen molar-refractivity contribution in [3.63, 3.8) is 0 Å². The summed E-state index contributed by atoms with van der Waals surface area (Å²) in [6.45, 7) is 1.71. The molecule has 0 spiro atoms. The number of likely N-dealkylation sites (tertiary alicyclic amines) is 1. The summed E-state index contributed by atoms with van der Waals surface area (Å²) in [6, 6.07) is 10.7. The number of amides is 1. The molecule has 1 fully saturated rings. The molecule has 2 aromatic rings. The second kappa shape index (κ2) is 6.77. The summed E-state index contributed by atoms with van der Waals surface area (Å²) in [5.41, 5.74) is 1.97. The molecule has 0 N–H and O–H groups in total. The SMILES string of the molecule is Cn1cnc(C(=O)N2CCC(CCc3ccccc3)CC2)c1.